The van der Waals surface area contributed by atoms with Crippen LogP contribution in [-0.2, 0) is 19.1 Å². The van der Waals surface area contributed by atoms with E-state index in [1.54, 1.807) is 30.1 Å². The van der Waals surface area contributed by atoms with Crippen molar-refractivity contribution in [1.82, 2.24) is 15.1 Å². The van der Waals surface area contributed by atoms with Crippen LogP contribution in [0.3, 0.4) is 0 Å². The molecule has 3 heterocycles. The Hall–Kier alpha value is -2.69. The van der Waals surface area contributed by atoms with Crippen molar-refractivity contribution in [2.45, 2.75) is 50.9 Å². The molecule has 10 nitrogen and oxygen atoms in total. The second kappa shape index (κ2) is 11.8. The van der Waals surface area contributed by atoms with Crippen molar-refractivity contribution in [2.24, 2.45) is 0 Å². The number of ether oxygens (including phenoxy) is 3. The van der Waals surface area contributed by atoms with Crippen molar-refractivity contribution in [2.75, 3.05) is 58.4 Å². The second-order valence-electron chi connectivity index (χ2n) is 9.42. The molecule has 3 aliphatic rings. The lowest BCUT2D eigenvalue weighted by Gasteiger charge is -2.42. The summed E-state index contributed by atoms with van der Waals surface area (Å²) < 4.78 is 17.6. The molecule has 4 rings (SSSR count). The summed E-state index contributed by atoms with van der Waals surface area (Å²) in [7, 11) is 1.77. The Morgan fingerprint density at radius 2 is 1.97 bits per heavy atom. The Kier molecular flexibility index (Phi) is 8.59. The molecule has 1 aromatic carbocycles. The average molecular weight is 489 g/mol. The summed E-state index contributed by atoms with van der Waals surface area (Å²) in [5, 5.41) is 5.72. The maximum absolute atomic E-state index is 13.2. The summed E-state index contributed by atoms with van der Waals surface area (Å²) in [6, 6.07) is 4.90. The molecule has 0 unspecified atom stereocenters. The highest BCUT2D eigenvalue weighted by Gasteiger charge is 2.39. The maximum Gasteiger partial charge on any atom is 0.257 e. The van der Waals surface area contributed by atoms with Gasteiger partial charge in [-0.1, -0.05) is 0 Å². The third-order valence-electron chi connectivity index (χ3n) is 6.82. The molecule has 0 aromatic heterocycles. The van der Waals surface area contributed by atoms with Crippen molar-refractivity contribution in [1.29, 1.82) is 0 Å². The fourth-order valence-electron chi connectivity index (χ4n) is 4.94. The molecule has 2 saturated heterocycles. The fourth-order valence-corrected chi connectivity index (χ4v) is 4.94. The third kappa shape index (κ3) is 6.71. The first-order valence-electron chi connectivity index (χ1n) is 12.4. The number of benzene rings is 1. The molecule has 2 fully saturated rings. The van der Waals surface area contributed by atoms with Crippen LogP contribution in [-0.4, -0.2) is 98.8 Å². The van der Waals surface area contributed by atoms with Gasteiger partial charge in [0.25, 0.3) is 5.91 Å². The Bertz CT molecular complexity index is 919. The van der Waals surface area contributed by atoms with E-state index in [-0.39, 0.29) is 42.6 Å². The van der Waals surface area contributed by atoms with E-state index in [0.29, 0.717) is 36.4 Å². The number of nitrogens with zero attached hydrogens (tertiary/aromatic N) is 2. The Balaban J connectivity index is 1.28. The Morgan fingerprint density at radius 3 is 2.74 bits per heavy atom. The summed E-state index contributed by atoms with van der Waals surface area (Å²) in [4.78, 5) is 41.1. The molecule has 10 heteroatoms. The SMILES string of the molecule is CC(=O)Nc1ccc2c(c1)C(=O)N(C)[C@H]1CC[C@@H](CC(=O)NCCCN3CCOCC3)O[C@@H]1CO2. The van der Waals surface area contributed by atoms with Crippen molar-refractivity contribution >= 4 is 23.4 Å². The van der Waals surface area contributed by atoms with Gasteiger partial charge in [-0.3, -0.25) is 19.3 Å². The van der Waals surface area contributed by atoms with Gasteiger partial charge < -0.3 is 29.7 Å². The smallest absolute Gasteiger partial charge is 0.257 e. The molecule has 3 atom stereocenters. The first-order valence-corrected chi connectivity index (χ1v) is 12.4. The molecular formula is C25H36N4O6. The zero-order chi connectivity index (χ0) is 24.8. The number of carbonyl (C=O) groups excluding carboxylic acids is 3. The van der Waals surface area contributed by atoms with Crippen molar-refractivity contribution in [3.63, 3.8) is 0 Å². The molecule has 0 radical (unpaired) electrons. The standard InChI is InChI=1S/C25H36N4O6/c1-17(30)27-18-4-7-22-20(14-18)25(32)28(2)21-6-5-19(35-23(21)16-34-22)15-24(31)26-8-3-9-29-10-12-33-13-11-29/h4,7,14,19,21,23H,3,5-6,8-13,15-16H2,1-2H3,(H,26,31)(H,27,30)/t19-,21-,23+/m0/s1. The van der Waals surface area contributed by atoms with Crippen LogP contribution < -0.4 is 15.4 Å². The van der Waals surface area contributed by atoms with Crippen LogP contribution in [0.1, 0.15) is 43.0 Å². The molecule has 1 aromatic rings. The minimum absolute atomic E-state index is 0.0116. The molecule has 0 aliphatic carbocycles. The van der Waals surface area contributed by atoms with Gasteiger partial charge in [-0.05, 0) is 44.0 Å². The number of hydrogen-bond acceptors (Lipinski definition) is 7. The number of morpholine rings is 1. The minimum atomic E-state index is -0.319. The lowest BCUT2D eigenvalue weighted by Crippen LogP contribution is -2.54. The molecule has 2 N–H and O–H groups in total. The normalized spacial score (nSPS) is 24.9. The predicted molar refractivity (Wildman–Crippen MR) is 130 cm³/mol. The first kappa shape index (κ1) is 25.4. The number of likely N-dealkylation sites (N-methyl/N-ethyl adjacent to an activating group) is 1. The number of hydrogen-bond donors (Lipinski definition) is 2. The van der Waals surface area contributed by atoms with Crippen molar-refractivity contribution in [3.05, 3.63) is 23.8 Å². The second-order valence-corrected chi connectivity index (χ2v) is 9.42. The van der Waals surface area contributed by atoms with E-state index < -0.39 is 0 Å². The maximum atomic E-state index is 13.2. The molecule has 192 valence electrons. The number of anilines is 1. The lowest BCUT2D eigenvalue weighted by molar-refractivity contribution is -0.134. The molecule has 3 aliphatic heterocycles. The van der Waals surface area contributed by atoms with Crippen LogP contribution in [0.5, 0.6) is 5.75 Å². The van der Waals surface area contributed by atoms with Crippen LogP contribution in [0.15, 0.2) is 18.2 Å². The fraction of sp³-hybridized carbons (Fsp3) is 0.640. The third-order valence-corrected chi connectivity index (χ3v) is 6.82. The summed E-state index contributed by atoms with van der Waals surface area (Å²) in [6.07, 6.45) is 2.11. The monoisotopic (exact) mass is 488 g/mol. The van der Waals surface area contributed by atoms with Crippen molar-refractivity contribution in [3.8, 4) is 5.75 Å². The minimum Gasteiger partial charge on any atom is -0.490 e. The first-order chi connectivity index (χ1) is 16.9. The van der Waals surface area contributed by atoms with Crippen LogP contribution in [0.25, 0.3) is 0 Å². The van der Waals surface area contributed by atoms with E-state index in [1.165, 1.54) is 6.92 Å². The Morgan fingerprint density at radius 1 is 1.17 bits per heavy atom. The average Bonchev–Trinajstić information content (AvgIpc) is 2.85. The summed E-state index contributed by atoms with van der Waals surface area (Å²) in [5.74, 6) is 0.0630. The van der Waals surface area contributed by atoms with Gasteiger partial charge in [-0.25, -0.2) is 0 Å². The van der Waals surface area contributed by atoms with Gasteiger partial charge in [0.15, 0.2) is 0 Å². The topological polar surface area (TPSA) is 109 Å². The molecular weight excluding hydrogens is 452 g/mol. The Labute approximate surface area is 206 Å². The van der Waals surface area contributed by atoms with E-state index in [0.717, 1.165) is 45.7 Å². The van der Waals surface area contributed by atoms with Crippen LogP contribution in [0, 0.1) is 0 Å². The summed E-state index contributed by atoms with van der Waals surface area (Å²) in [6.45, 7) is 6.77. The molecule has 0 saturated carbocycles. The number of amides is 3. The van der Waals surface area contributed by atoms with Gasteiger partial charge in [0, 0.05) is 39.3 Å². The number of nitrogens with one attached hydrogen (secondary N) is 2. The van der Waals surface area contributed by atoms with Crippen LogP contribution in [0.2, 0.25) is 0 Å². The highest BCUT2D eigenvalue weighted by Crippen LogP contribution is 2.32. The van der Waals surface area contributed by atoms with E-state index in [2.05, 4.69) is 15.5 Å². The molecule has 0 bridgehead atoms. The van der Waals surface area contributed by atoms with Gasteiger partial charge >= 0.3 is 0 Å². The largest absolute Gasteiger partial charge is 0.490 e. The van der Waals surface area contributed by atoms with Gasteiger partial charge in [-0.2, -0.15) is 0 Å². The number of fused-ring (bicyclic) bond motifs is 2. The highest BCUT2D eigenvalue weighted by molar-refractivity contribution is 5.99. The lowest BCUT2D eigenvalue weighted by atomic mass is 9.94. The molecule has 35 heavy (non-hydrogen) atoms. The zero-order valence-corrected chi connectivity index (χ0v) is 20.6. The van der Waals surface area contributed by atoms with Gasteiger partial charge in [-0.15, -0.1) is 0 Å². The zero-order valence-electron chi connectivity index (χ0n) is 20.6. The van der Waals surface area contributed by atoms with Crippen LogP contribution >= 0.6 is 0 Å². The van der Waals surface area contributed by atoms with Crippen LogP contribution in [0.4, 0.5) is 5.69 Å². The summed E-state index contributed by atoms with van der Waals surface area (Å²) >= 11 is 0. The van der Waals surface area contributed by atoms with Gasteiger partial charge in [0.05, 0.1) is 37.3 Å². The highest BCUT2D eigenvalue weighted by atomic mass is 16.5. The van der Waals surface area contributed by atoms with E-state index in [1.807, 2.05) is 0 Å². The summed E-state index contributed by atoms with van der Waals surface area (Å²) in [5.41, 5.74) is 0.963. The van der Waals surface area contributed by atoms with Gasteiger partial charge in [0.1, 0.15) is 18.5 Å². The molecule has 3 amide bonds. The van der Waals surface area contributed by atoms with Crippen molar-refractivity contribution < 1.29 is 28.6 Å². The van der Waals surface area contributed by atoms with E-state index >= 15 is 0 Å². The van der Waals surface area contributed by atoms with Gasteiger partial charge in [0.2, 0.25) is 11.8 Å². The number of carbonyl (C=O) groups is 3. The molecule has 0 spiro atoms. The quantitative estimate of drug-likeness (QED) is 0.556. The predicted octanol–water partition coefficient (Wildman–Crippen LogP) is 1.25. The van der Waals surface area contributed by atoms with E-state index in [4.69, 9.17) is 14.2 Å². The number of rotatable bonds is 7. The van der Waals surface area contributed by atoms with E-state index in [9.17, 15) is 14.4 Å².